The van der Waals surface area contributed by atoms with Gasteiger partial charge in [-0.2, -0.15) is 0 Å². The highest BCUT2D eigenvalue weighted by Gasteiger charge is 2.45. The molecule has 1 amide bonds. The number of anilines is 1. The fourth-order valence-corrected chi connectivity index (χ4v) is 3.30. The molecular weight excluding hydrogens is 290 g/mol. The Morgan fingerprint density at radius 1 is 1.27 bits per heavy atom. The van der Waals surface area contributed by atoms with Crippen molar-refractivity contribution in [2.45, 2.75) is 12.8 Å². The van der Waals surface area contributed by atoms with E-state index in [0.717, 1.165) is 31.6 Å². The van der Waals surface area contributed by atoms with Crippen LogP contribution in [0.2, 0.25) is 0 Å². The van der Waals surface area contributed by atoms with Crippen molar-refractivity contribution in [3.63, 3.8) is 0 Å². The van der Waals surface area contributed by atoms with E-state index >= 15 is 0 Å². The lowest BCUT2D eigenvalue weighted by Crippen LogP contribution is -2.60. The molecule has 22 heavy (non-hydrogen) atoms. The fraction of sp³-hybridized carbons (Fsp3) is 0.500. The van der Waals surface area contributed by atoms with Crippen molar-refractivity contribution in [2.24, 2.45) is 5.41 Å². The van der Waals surface area contributed by atoms with Crippen LogP contribution in [0, 0.1) is 15.5 Å². The SMILES string of the molecule is O=C(O)N1CCC2(CC1)CN(c1ccc([N+](=O)[O-])c(O)c1)C2. The Kier molecular flexibility index (Phi) is 3.31. The molecule has 2 fully saturated rings. The van der Waals surface area contributed by atoms with Crippen LogP contribution in [-0.4, -0.2) is 52.3 Å². The average Bonchev–Trinajstić information content (AvgIpc) is 2.44. The molecule has 0 atom stereocenters. The third-order valence-electron chi connectivity index (χ3n) is 4.67. The Hall–Kier alpha value is -2.51. The molecule has 2 N–H and O–H groups in total. The summed E-state index contributed by atoms with van der Waals surface area (Å²) in [5, 5.41) is 29.3. The van der Waals surface area contributed by atoms with Gasteiger partial charge in [-0.05, 0) is 18.9 Å². The van der Waals surface area contributed by atoms with Gasteiger partial charge in [-0.3, -0.25) is 10.1 Å². The Morgan fingerprint density at radius 3 is 2.41 bits per heavy atom. The highest BCUT2D eigenvalue weighted by Crippen LogP contribution is 2.43. The molecule has 0 radical (unpaired) electrons. The number of phenols is 1. The minimum absolute atomic E-state index is 0.128. The summed E-state index contributed by atoms with van der Waals surface area (Å²) in [6.45, 7) is 2.68. The lowest BCUT2D eigenvalue weighted by atomic mass is 9.72. The van der Waals surface area contributed by atoms with Gasteiger partial charge in [-0.1, -0.05) is 0 Å². The summed E-state index contributed by atoms with van der Waals surface area (Å²) in [5.74, 6) is -0.329. The molecule has 8 heteroatoms. The van der Waals surface area contributed by atoms with Gasteiger partial charge in [-0.25, -0.2) is 4.79 Å². The van der Waals surface area contributed by atoms with E-state index in [0.29, 0.717) is 13.1 Å². The fourth-order valence-electron chi connectivity index (χ4n) is 3.30. The smallest absolute Gasteiger partial charge is 0.407 e. The first-order valence-corrected chi connectivity index (χ1v) is 7.10. The Labute approximate surface area is 126 Å². The van der Waals surface area contributed by atoms with E-state index in [1.54, 1.807) is 6.07 Å². The quantitative estimate of drug-likeness (QED) is 0.638. The second-order valence-corrected chi connectivity index (χ2v) is 6.06. The maximum atomic E-state index is 10.9. The number of hydrogen-bond acceptors (Lipinski definition) is 5. The molecule has 2 heterocycles. The minimum atomic E-state index is -0.869. The summed E-state index contributed by atoms with van der Waals surface area (Å²) in [5.41, 5.74) is 0.590. The predicted octanol–water partition coefficient (Wildman–Crippen LogP) is 1.88. The van der Waals surface area contributed by atoms with Gasteiger partial charge in [0.25, 0.3) is 0 Å². The van der Waals surface area contributed by atoms with E-state index in [-0.39, 0.29) is 16.9 Å². The number of carbonyl (C=O) groups is 1. The van der Waals surface area contributed by atoms with Gasteiger partial charge >= 0.3 is 11.8 Å². The summed E-state index contributed by atoms with van der Waals surface area (Å²) in [4.78, 5) is 24.5. The molecule has 3 rings (SSSR count). The van der Waals surface area contributed by atoms with Gasteiger partial charge in [0, 0.05) is 49.4 Å². The van der Waals surface area contributed by atoms with Crippen molar-refractivity contribution in [1.82, 2.24) is 4.90 Å². The lowest BCUT2D eigenvalue weighted by Gasteiger charge is -2.54. The van der Waals surface area contributed by atoms with Gasteiger partial charge in [0.1, 0.15) is 0 Å². The molecule has 8 nitrogen and oxygen atoms in total. The number of nitrogens with zero attached hydrogens (tertiary/aromatic N) is 3. The van der Waals surface area contributed by atoms with Crippen LogP contribution >= 0.6 is 0 Å². The summed E-state index contributed by atoms with van der Waals surface area (Å²) in [6, 6.07) is 4.36. The van der Waals surface area contributed by atoms with Crippen LogP contribution < -0.4 is 4.90 Å². The molecule has 2 aliphatic heterocycles. The van der Waals surface area contributed by atoms with Crippen LogP contribution in [0.4, 0.5) is 16.2 Å². The van der Waals surface area contributed by atoms with Gasteiger partial charge in [0.15, 0.2) is 5.75 Å². The summed E-state index contributed by atoms with van der Waals surface area (Å²) < 4.78 is 0. The minimum Gasteiger partial charge on any atom is -0.502 e. The maximum Gasteiger partial charge on any atom is 0.407 e. The number of nitro benzene ring substituents is 1. The Morgan fingerprint density at radius 2 is 1.91 bits per heavy atom. The second-order valence-electron chi connectivity index (χ2n) is 6.06. The largest absolute Gasteiger partial charge is 0.502 e. The molecular formula is C14H17N3O5. The Bertz CT molecular complexity index is 617. The van der Waals surface area contributed by atoms with Gasteiger partial charge < -0.3 is 20.0 Å². The normalized spacial score (nSPS) is 19.8. The van der Waals surface area contributed by atoms with Crippen LogP contribution in [0.3, 0.4) is 0 Å². The molecule has 1 aromatic rings. The number of benzene rings is 1. The van der Waals surface area contributed by atoms with Crippen molar-refractivity contribution in [3.8, 4) is 5.75 Å². The molecule has 1 aromatic carbocycles. The van der Waals surface area contributed by atoms with Crippen LogP contribution in [0.25, 0.3) is 0 Å². The van der Waals surface area contributed by atoms with Crippen molar-refractivity contribution in [3.05, 3.63) is 28.3 Å². The first-order valence-electron chi connectivity index (χ1n) is 7.10. The zero-order valence-electron chi connectivity index (χ0n) is 11.9. The topological polar surface area (TPSA) is 107 Å². The van der Waals surface area contributed by atoms with Crippen LogP contribution in [0.5, 0.6) is 5.75 Å². The molecule has 2 aliphatic rings. The van der Waals surface area contributed by atoms with Crippen LogP contribution in [0.1, 0.15) is 12.8 Å². The standard InChI is InChI=1S/C14H17N3O5/c18-12-7-10(1-2-11(12)17(21)22)16-8-14(9-16)3-5-15(6-4-14)13(19)20/h1-2,7,18H,3-6,8-9H2,(H,19,20). The lowest BCUT2D eigenvalue weighted by molar-refractivity contribution is -0.385. The van der Waals surface area contributed by atoms with E-state index in [9.17, 15) is 20.0 Å². The molecule has 118 valence electrons. The second kappa shape index (κ2) is 5.04. The molecule has 1 spiro atoms. The van der Waals surface area contributed by atoms with Crippen molar-refractivity contribution < 1.29 is 19.9 Å². The van der Waals surface area contributed by atoms with E-state index in [4.69, 9.17) is 5.11 Å². The highest BCUT2D eigenvalue weighted by molar-refractivity contribution is 5.65. The third kappa shape index (κ3) is 2.40. The highest BCUT2D eigenvalue weighted by atomic mass is 16.6. The summed E-state index contributed by atoms with van der Waals surface area (Å²) >= 11 is 0. The van der Waals surface area contributed by atoms with E-state index in [2.05, 4.69) is 4.90 Å². The van der Waals surface area contributed by atoms with E-state index < -0.39 is 11.0 Å². The third-order valence-corrected chi connectivity index (χ3v) is 4.67. The number of nitro groups is 1. The van der Waals surface area contributed by atoms with Crippen molar-refractivity contribution in [1.29, 1.82) is 0 Å². The first kappa shape index (κ1) is 14.4. The van der Waals surface area contributed by atoms with Crippen LogP contribution in [0.15, 0.2) is 18.2 Å². The number of phenolic OH excluding ortho intramolecular Hbond substituents is 1. The number of rotatable bonds is 2. The number of piperidine rings is 1. The number of hydrogen-bond donors (Lipinski definition) is 2. The van der Waals surface area contributed by atoms with Crippen molar-refractivity contribution in [2.75, 3.05) is 31.1 Å². The summed E-state index contributed by atoms with van der Waals surface area (Å²) in [7, 11) is 0. The van der Waals surface area contributed by atoms with E-state index in [1.165, 1.54) is 17.0 Å². The first-order chi connectivity index (χ1) is 10.4. The van der Waals surface area contributed by atoms with Gasteiger partial charge in [-0.15, -0.1) is 0 Å². The number of carboxylic acid groups (broad SMARTS) is 1. The zero-order valence-corrected chi connectivity index (χ0v) is 11.9. The average molecular weight is 307 g/mol. The molecule has 0 bridgehead atoms. The molecule has 0 aromatic heterocycles. The summed E-state index contributed by atoms with van der Waals surface area (Å²) in [6.07, 6.45) is 0.787. The predicted molar refractivity (Wildman–Crippen MR) is 78.2 cm³/mol. The number of aromatic hydroxyl groups is 1. The molecule has 2 saturated heterocycles. The number of likely N-dealkylation sites (tertiary alicyclic amines) is 1. The van der Waals surface area contributed by atoms with Gasteiger partial charge in [0.05, 0.1) is 4.92 Å². The molecule has 0 saturated carbocycles. The molecule has 0 aliphatic carbocycles. The van der Waals surface area contributed by atoms with E-state index in [1.807, 2.05) is 0 Å². The van der Waals surface area contributed by atoms with Crippen molar-refractivity contribution >= 4 is 17.5 Å². The van der Waals surface area contributed by atoms with Gasteiger partial charge in [0.2, 0.25) is 0 Å². The van der Waals surface area contributed by atoms with Crippen LogP contribution in [-0.2, 0) is 0 Å². The Balaban J connectivity index is 1.63. The monoisotopic (exact) mass is 307 g/mol. The maximum absolute atomic E-state index is 10.9. The zero-order chi connectivity index (χ0) is 15.9. The number of amides is 1. The molecule has 0 unspecified atom stereocenters.